The maximum Gasteiger partial charge on any atom is 0.253 e. The molecule has 0 aliphatic rings. The number of nitrogens with one attached hydrogen (secondary N) is 2. The van der Waals surface area contributed by atoms with Gasteiger partial charge >= 0.3 is 0 Å². The number of carbonyl (C=O) groups excluding carboxylic acids is 3. The predicted molar refractivity (Wildman–Crippen MR) is 124 cm³/mol. The van der Waals surface area contributed by atoms with E-state index in [-0.39, 0.29) is 11.8 Å². The van der Waals surface area contributed by atoms with E-state index in [0.29, 0.717) is 35.3 Å². The summed E-state index contributed by atoms with van der Waals surface area (Å²) < 4.78 is 0. The molecule has 2 aromatic carbocycles. The molecule has 0 bridgehead atoms. The van der Waals surface area contributed by atoms with Crippen molar-refractivity contribution in [2.24, 2.45) is 5.73 Å². The molecule has 2 aromatic rings. The number of carbonyl (C=O) groups is 3. The van der Waals surface area contributed by atoms with E-state index in [9.17, 15) is 14.4 Å². The van der Waals surface area contributed by atoms with Crippen molar-refractivity contribution in [3.8, 4) is 0 Å². The Bertz CT molecular complexity index is 950. The lowest BCUT2D eigenvalue weighted by atomic mass is 10.1. The lowest BCUT2D eigenvalue weighted by Gasteiger charge is -2.19. The molecular weight excluding hydrogens is 420 g/mol. The Labute approximate surface area is 184 Å². The summed E-state index contributed by atoms with van der Waals surface area (Å²) in [4.78, 5) is 38.8. The summed E-state index contributed by atoms with van der Waals surface area (Å²) in [6.07, 6.45) is 4.86. The largest absolute Gasteiger partial charge is 0.399 e. The van der Waals surface area contributed by atoms with Crippen molar-refractivity contribution >= 4 is 52.6 Å². The summed E-state index contributed by atoms with van der Waals surface area (Å²) in [6, 6.07) is 9.34. The number of nitrogen functional groups attached to an aromatic ring is 1. The lowest BCUT2D eigenvalue weighted by Crippen LogP contribution is -2.43. The second kappa shape index (κ2) is 10.9. The van der Waals surface area contributed by atoms with Crippen LogP contribution in [0.3, 0.4) is 0 Å². The SMILES string of the molecule is CCCC(NC(=O)c1cc(N)ccc1SC)C(=O)Nc1ccc(SC)c(C(N)=O)c1. The fraction of sp³-hybridized carbons (Fsp3) is 0.286. The van der Waals surface area contributed by atoms with E-state index in [1.807, 2.05) is 19.4 Å². The summed E-state index contributed by atoms with van der Waals surface area (Å²) >= 11 is 2.82. The van der Waals surface area contributed by atoms with E-state index in [0.717, 1.165) is 9.79 Å². The molecule has 1 atom stereocenters. The van der Waals surface area contributed by atoms with Gasteiger partial charge in [-0.2, -0.15) is 0 Å². The van der Waals surface area contributed by atoms with Crippen LogP contribution in [0.1, 0.15) is 40.5 Å². The van der Waals surface area contributed by atoms with Gasteiger partial charge in [-0.3, -0.25) is 14.4 Å². The van der Waals surface area contributed by atoms with E-state index < -0.39 is 11.9 Å². The number of thioether (sulfide) groups is 2. The zero-order valence-electron chi connectivity index (χ0n) is 17.2. The van der Waals surface area contributed by atoms with Gasteiger partial charge in [0.15, 0.2) is 0 Å². The van der Waals surface area contributed by atoms with Crippen LogP contribution in [0.15, 0.2) is 46.2 Å². The average molecular weight is 447 g/mol. The molecule has 0 aliphatic heterocycles. The van der Waals surface area contributed by atoms with Gasteiger partial charge < -0.3 is 22.1 Å². The Morgan fingerprint density at radius 1 is 1.00 bits per heavy atom. The van der Waals surface area contributed by atoms with Crippen LogP contribution >= 0.6 is 23.5 Å². The lowest BCUT2D eigenvalue weighted by molar-refractivity contribution is -0.118. The van der Waals surface area contributed by atoms with Crippen LogP contribution in [0.2, 0.25) is 0 Å². The Kier molecular flexibility index (Phi) is 8.61. The standard InChI is InChI=1S/C21H26N4O3S2/c1-4-5-16(25-20(27)15-10-12(22)6-8-18(15)30-3)21(28)24-13-7-9-17(29-2)14(11-13)19(23)26/h6-11,16H,4-5,22H2,1-3H3,(H2,23,26)(H,24,28)(H,25,27). The Morgan fingerprint density at radius 3 is 2.23 bits per heavy atom. The molecule has 160 valence electrons. The van der Waals surface area contributed by atoms with Crippen molar-refractivity contribution in [1.82, 2.24) is 5.32 Å². The van der Waals surface area contributed by atoms with Gasteiger partial charge in [0, 0.05) is 21.2 Å². The molecule has 2 rings (SSSR count). The molecular formula is C21H26N4O3S2. The number of rotatable bonds is 9. The molecule has 0 saturated carbocycles. The highest BCUT2D eigenvalue weighted by Gasteiger charge is 2.23. The maximum atomic E-state index is 12.8. The summed E-state index contributed by atoms with van der Waals surface area (Å²) in [5.74, 6) is -1.30. The van der Waals surface area contributed by atoms with E-state index >= 15 is 0 Å². The highest BCUT2D eigenvalue weighted by molar-refractivity contribution is 7.99. The summed E-state index contributed by atoms with van der Waals surface area (Å²) in [5.41, 5.74) is 12.9. The smallest absolute Gasteiger partial charge is 0.253 e. The second-order valence-electron chi connectivity index (χ2n) is 6.54. The molecule has 0 heterocycles. The zero-order chi connectivity index (χ0) is 22.3. The van der Waals surface area contributed by atoms with Crippen molar-refractivity contribution in [1.29, 1.82) is 0 Å². The topological polar surface area (TPSA) is 127 Å². The first kappa shape index (κ1) is 23.6. The summed E-state index contributed by atoms with van der Waals surface area (Å²) in [6.45, 7) is 1.93. The third kappa shape index (κ3) is 5.93. The van der Waals surface area contributed by atoms with Crippen LogP contribution in [0.5, 0.6) is 0 Å². The third-order valence-electron chi connectivity index (χ3n) is 4.40. The van der Waals surface area contributed by atoms with Crippen LogP contribution in [0.25, 0.3) is 0 Å². The van der Waals surface area contributed by atoms with E-state index in [4.69, 9.17) is 11.5 Å². The highest BCUT2D eigenvalue weighted by atomic mass is 32.2. The summed E-state index contributed by atoms with van der Waals surface area (Å²) in [7, 11) is 0. The molecule has 0 aliphatic carbocycles. The zero-order valence-corrected chi connectivity index (χ0v) is 18.8. The first-order valence-corrected chi connectivity index (χ1v) is 11.8. The maximum absolute atomic E-state index is 12.8. The number of nitrogens with two attached hydrogens (primary N) is 2. The number of benzene rings is 2. The molecule has 0 aromatic heterocycles. The molecule has 0 fully saturated rings. The molecule has 0 spiro atoms. The van der Waals surface area contributed by atoms with Gasteiger partial charge in [0.25, 0.3) is 5.91 Å². The van der Waals surface area contributed by atoms with Gasteiger partial charge in [-0.25, -0.2) is 0 Å². The minimum absolute atomic E-state index is 0.334. The van der Waals surface area contributed by atoms with Gasteiger partial charge in [-0.15, -0.1) is 23.5 Å². The fourth-order valence-corrected chi connectivity index (χ4v) is 4.06. The predicted octanol–water partition coefficient (Wildman–Crippen LogP) is 3.35. The van der Waals surface area contributed by atoms with Gasteiger partial charge in [-0.05, 0) is 55.3 Å². The van der Waals surface area contributed by atoms with Crippen LogP contribution in [0, 0.1) is 0 Å². The quantitative estimate of drug-likeness (QED) is 0.345. The molecule has 3 amide bonds. The third-order valence-corrected chi connectivity index (χ3v) is 5.99. The van der Waals surface area contributed by atoms with E-state index in [1.165, 1.54) is 23.5 Å². The Morgan fingerprint density at radius 2 is 1.63 bits per heavy atom. The first-order valence-electron chi connectivity index (χ1n) is 9.33. The number of hydrogen-bond acceptors (Lipinski definition) is 6. The normalized spacial score (nSPS) is 11.6. The highest BCUT2D eigenvalue weighted by Crippen LogP contribution is 2.25. The van der Waals surface area contributed by atoms with Gasteiger partial charge in [0.05, 0.1) is 11.1 Å². The van der Waals surface area contributed by atoms with Gasteiger partial charge in [0.2, 0.25) is 11.8 Å². The van der Waals surface area contributed by atoms with Crippen LogP contribution < -0.4 is 22.1 Å². The van der Waals surface area contributed by atoms with Gasteiger partial charge in [-0.1, -0.05) is 13.3 Å². The van der Waals surface area contributed by atoms with Crippen molar-refractivity contribution in [2.75, 3.05) is 23.6 Å². The number of primary amides is 1. The number of anilines is 2. The van der Waals surface area contributed by atoms with Crippen molar-refractivity contribution in [3.63, 3.8) is 0 Å². The van der Waals surface area contributed by atoms with Gasteiger partial charge in [0.1, 0.15) is 6.04 Å². The second-order valence-corrected chi connectivity index (χ2v) is 8.24. The molecule has 0 radical (unpaired) electrons. The minimum atomic E-state index is -0.740. The van der Waals surface area contributed by atoms with Crippen molar-refractivity contribution in [2.45, 2.75) is 35.6 Å². The van der Waals surface area contributed by atoms with Crippen molar-refractivity contribution < 1.29 is 14.4 Å². The fourth-order valence-electron chi connectivity index (χ4n) is 2.90. The van der Waals surface area contributed by atoms with E-state index in [2.05, 4.69) is 10.6 Å². The molecule has 7 nitrogen and oxygen atoms in total. The Balaban J connectivity index is 2.21. The van der Waals surface area contributed by atoms with Crippen LogP contribution in [0.4, 0.5) is 11.4 Å². The van der Waals surface area contributed by atoms with E-state index in [1.54, 1.807) is 36.4 Å². The van der Waals surface area contributed by atoms with Crippen LogP contribution in [-0.2, 0) is 4.79 Å². The number of amides is 3. The molecule has 30 heavy (non-hydrogen) atoms. The van der Waals surface area contributed by atoms with Crippen molar-refractivity contribution in [3.05, 3.63) is 47.5 Å². The average Bonchev–Trinajstić information content (AvgIpc) is 2.73. The monoisotopic (exact) mass is 446 g/mol. The molecule has 1 unspecified atom stereocenters. The number of hydrogen-bond donors (Lipinski definition) is 4. The summed E-state index contributed by atoms with van der Waals surface area (Å²) in [5, 5.41) is 5.57. The minimum Gasteiger partial charge on any atom is -0.399 e. The molecule has 0 saturated heterocycles. The van der Waals surface area contributed by atoms with Crippen LogP contribution in [-0.4, -0.2) is 36.3 Å². The molecule has 9 heteroatoms. The molecule has 6 N–H and O–H groups in total. The first-order chi connectivity index (χ1) is 14.3. The Hall–Kier alpha value is -2.65.